The molecule has 2 saturated heterocycles. The molecule has 1 aromatic rings. The summed E-state index contributed by atoms with van der Waals surface area (Å²) in [6, 6.07) is 3.30. The van der Waals surface area contributed by atoms with Crippen molar-refractivity contribution in [2.45, 2.75) is 26.2 Å². The van der Waals surface area contributed by atoms with Crippen molar-refractivity contribution in [2.24, 2.45) is 0 Å². The molecule has 0 unspecified atom stereocenters. The Morgan fingerprint density at radius 1 is 1.18 bits per heavy atom. The van der Waals surface area contributed by atoms with Crippen molar-refractivity contribution in [1.82, 2.24) is 9.80 Å². The zero-order chi connectivity index (χ0) is 24.0. The third-order valence-corrected chi connectivity index (χ3v) is 6.56. The monoisotopic (exact) mass is 540 g/mol. The zero-order valence-electron chi connectivity index (χ0n) is 18.4. The Hall–Kier alpha value is -2.53. The van der Waals surface area contributed by atoms with Crippen LogP contribution in [-0.4, -0.2) is 72.8 Å². The SMILES string of the molecule is CCOC(=O)COc1c(Br)cc(/C=C2\SC(=O)N(CC(=O)N3CCCCC3)C2=O)cc1OC. The summed E-state index contributed by atoms with van der Waals surface area (Å²) in [5.74, 6) is -0.593. The van der Waals surface area contributed by atoms with Gasteiger partial charge >= 0.3 is 5.97 Å². The second-order valence-electron chi connectivity index (χ2n) is 7.34. The summed E-state index contributed by atoms with van der Waals surface area (Å²) in [6.07, 6.45) is 4.51. The number of halogens is 1. The Labute approximate surface area is 204 Å². The first-order valence-electron chi connectivity index (χ1n) is 10.5. The van der Waals surface area contributed by atoms with E-state index in [1.807, 2.05) is 0 Å². The summed E-state index contributed by atoms with van der Waals surface area (Å²) < 4.78 is 16.2. The first kappa shape index (κ1) is 25.1. The fourth-order valence-electron chi connectivity index (χ4n) is 3.46. The molecule has 0 bridgehead atoms. The van der Waals surface area contributed by atoms with E-state index in [1.54, 1.807) is 30.0 Å². The topological polar surface area (TPSA) is 102 Å². The Morgan fingerprint density at radius 3 is 2.58 bits per heavy atom. The molecule has 2 aliphatic rings. The number of hydrogen-bond donors (Lipinski definition) is 0. The molecular weight excluding hydrogens is 516 g/mol. The number of nitrogens with zero attached hydrogens (tertiary/aromatic N) is 2. The van der Waals surface area contributed by atoms with E-state index in [0.717, 1.165) is 35.9 Å². The number of ether oxygens (including phenoxy) is 3. The first-order valence-corrected chi connectivity index (χ1v) is 12.1. The molecule has 0 aromatic heterocycles. The van der Waals surface area contributed by atoms with Gasteiger partial charge in [-0.05, 0) is 77.7 Å². The highest BCUT2D eigenvalue weighted by atomic mass is 79.9. The van der Waals surface area contributed by atoms with Gasteiger partial charge < -0.3 is 19.1 Å². The number of esters is 1. The molecule has 178 valence electrons. The maximum atomic E-state index is 12.8. The van der Waals surface area contributed by atoms with Crippen LogP contribution in [0.25, 0.3) is 6.08 Å². The molecule has 11 heteroatoms. The third-order valence-electron chi connectivity index (χ3n) is 5.06. The van der Waals surface area contributed by atoms with Crippen LogP contribution < -0.4 is 9.47 Å². The van der Waals surface area contributed by atoms with Crippen molar-refractivity contribution in [3.8, 4) is 11.5 Å². The fourth-order valence-corrected chi connectivity index (χ4v) is 4.88. The summed E-state index contributed by atoms with van der Waals surface area (Å²) in [4.78, 5) is 52.2. The summed E-state index contributed by atoms with van der Waals surface area (Å²) in [6.45, 7) is 2.72. The molecule has 0 N–H and O–H groups in total. The molecule has 0 aliphatic carbocycles. The summed E-state index contributed by atoms with van der Waals surface area (Å²) in [5.41, 5.74) is 0.579. The largest absolute Gasteiger partial charge is 0.493 e. The van der Waals surface area contributed by atoms with Gasteiger partial charge in [-0.25, -0.2) is 4.79 Å². The number of piperidine rings is 1. The maximum Gasteiger partial charge on any atom is 0.344 e. The van der Waals surface area contributed by atoms with Gasteiger partial charge in [0, 0.05) is 13.1 Å². The maximum absolute atomic E-state index is 12.8. The average Bonchev–Trinajstić information content (AvgIpc) is 3.06. The second kappa shape index (κ2) is 11.6. The fraction of sp³-hybridized carbons (Fsp3) is 0.455. The first-order chi connectivity index (χ1) is 15.8. The van der Waals surface area contributed by atoms with E-state index in [0.29, 0.717) is 34.6 Å². The van der Waals surface area contributed by atoms with Crippen LogP contribution >= 0.6 is 27.7 Å². The highest BCUT2D eigenvalue weighted by Gasteiger charge is 2.37. The van der Waals surface area contributed by atoms with Gasteiger partial charge in [0.1, 0.15) is 6.54 Å². The third kappa shape index (κ3) is 6.29. The van der Waals surface area contributed by atoms with Gasteiger partial charge in [0.05, 0.1) is 23.1 Å². The van der Waals surface area contributed by atoms with E-state index < -0.39 is 17.1 Å². The summed E-state index contributed by atoms with van der Waals surface area (Å²) >= 11 is 4.17. The highest BCUT2D eigenvalue weighted by Crippen LogP contribution is 2.39. The number of thioether (sulfide) groups is 1. The van der Waals surface area contributed by atoms with Gasteiger partial charge in [-0.3, -0.25) is 19.3 Å². The Kier molecular flexibility index (Phi) is 8.79. The van der Waals surface area contributed by atoms with Crippen LogP contribution in [0.3, 0.4) is 0 Å². The van der Waals surface area contributed by atoms with Crippen molar-refractivity contribution in [1.29, 1.82) is 0 Å². The smallest absolute Gasteiger partial charge is 0.344 e. The number of hydrogen-bond acceptors (Lipinski definition) is 8. The predicted octanol–water partition coefficient (Wildman–Crippen LogP) is 3.45. The Morgan fingerprint density at radius 2 is 1.91 bits per heavy atom. The quantitative estimate of drug-likeness (QED) is 0.365. The minimum atomic E-state index is -0.511. The molecule has 0 spiro atoms. The minimum absolute atomic E-state index is 0.209. The normalized spacial score (nSPS) is 17.5. The van der Waals surface area contributed by atoms with Crippen LogP contribution in [0.2, 0.25) is 0 Å². The molecule has 3 amide bonds. The highest BCUT2D eigenvalue weighted by molar-refractivity contribution is 9.10. The minimum Gasteiger partial charge on any atom is -0.493 e. The van der Waals surface area contributed by atoms with E-state index in [4.69, 9.17) is 14.2 Å². The van der Waals surface area contributed by atoms with Gasteiger partial charge in [0.15, 0.2) is 18.1 Å². The van der Waals surface area contributed by atoms with Crippen molar-refractivity contribution in [3.63, 3.8) is 0 Å². The summed E-state index contributed by atoms with van der Waals surface area (Å²) in [7, 11) is 1.45. The molecule has 2 heterocycles. The standard InChI is InChI=1S/C22H25BrN2O7S/c1-3-31-19(27)13-32-20-15(23)9-14(10-16(20)30-2)11-17-21(28)25(22(29)33-17)12-18(26)24-7-5-4-6-8-24/h9-11H,3-8,12-13H2,1-2H3/b17-11-. The molecule has 1 aromatic carbocycles. The number of amides is 3. The molecule has 2 fully saturated rings. The van der Waals surface area contributed by atoms with Crippen LogP contribution in [0.4, 0.5) is 4.79 Å². The molecule has 3 rings (SSSR count). The number of carbonyl (C=O) groups excluding carboxylic acids is 4. The molecule has 2 aliphatic heterocycles. The van der Waals surface area contributed by atoms with E-state index in [9.17, 15) is 19.2 Å². The van der Waals surface area contributed by atoms with Crippen LogP contribution in [0.5, 0.6) is 11.5 Å². The van der Waals surface area contributed by atoms with Crippen molar-refractivity contribution < 1.29 is 33.4 Å². The molecular formula is C22H25BrN2O7S. The van der Waals surface area contributed by atoms with Gasteiger partial charge in [-0.1, -0.05) is 0 Å². The van der Waals surface area contributed by atoms with Crippen LogP contribution in [-0.2, 0) is 19.1 Å². The van der Waals surface area contributed by atoms with E-state index >= 15 is 0 Å². The average molecular weight is 541 g/mol. The number of benzene rings is 1. The number of likely N-dealkylation sites (tertiary alicyclic amines) is 1. The van der Waals surface area contributed by atoms with Crippen molar-refractivity contribution in [3.05, 3.63) is 27.1 Å². The predicted molar refractivity (Wildman–Crippen MR) is 126 cm³/mol. The summed E-state index contributed by atoms with van der Waals surface area (Å²) in [5, 5.41) is -0.475. The van der Waals surface area contributed by atoms with Crippen LogP contribution in [0.1, 0.15) is 31.7 Å². The van der Waals surface area contributed by atoms with Gasteiger partial charge in [0.2, 0.25) is 5.91 Å². The Balaban J connectivity index is 1.73. The lowest BCUT2D eigenvalue weighted by molar-refractivity contribution is -0.145. The van der Waals surface area contributed by atoms with Crippen molar-refractivity contribution in [2.75, 3.05) is 40.0 Å². The van der Waals surface area contributed by atoms with Gasteiger partial charge in [-0.2, -0.15) is 0 Å². The number of imide groups is 1. The van der Waals surface area contributed by atoms with Crippen LogP contribution in [0, 0.1) is 0 Å². The van der Waals surface area contributed by atoms with E-state index in [2.05, 4.69) is 15.9 Å². The zero-order valence-corrected chi connectivity index (χ0v) is 20.8. The number of methoxy groups -OCH3 is 1. The second-order valence-corrected chi connectivity index (χ2v) is 9.18. The molecule has 33 heavy (non-hydrogen) atoms. The lowest BCUT2D eigenvalue weighted by Crippen LogP contribution is -2.44. The Bertz CT molecular complexity index is 976. The lowest BCUT2D eigenvalue weighted by atomic mass is 10.1. The molecule has 0 saturated carbocycles. The lowest BCUT2D eigenvalue weighted by Gasteiger charge is -2.27. The molecule has 9 nitrogen and oxygen atoms in total. The number of rotatable bonds is 8. The van der Waals surface area contributed by atoms with Crippen molar-refractivity contribution >= 4 is 56.8 Å². The number of carbonyl (C=O) groups is 4. The van der Waals surface area contributed by atoms with Gasteiger partial charge in [-0.15, -0.1) is 0 Å². The molecule has 0 radical (unpaired) electrons. The van der Waals surface area contributed by atoms with Crippen LogP contribution in [0.15, 0.2) is 21.5 Å². The van der Waals surface area contributed by atoms with E-state index in [1.165, 1.54) is 7.11 Å². The van der Waals surface area contributed by atoms with Gasteiger partial charge in [0.25, 0.3) is 11.1 Å². The van der Waals surface area contributed by atoms with E-state index in [-0.39, 0.29) is 30.6 Å². The molecule has 0 atom stereocenters.